The third-order valence-electron chi connectivity index (χ3n) is 6.48. The highest BCUT2D eigenvalue weighted by atomic mass is 32.2. The maximum Gasteiger partial charge on any atom is 0.282 e. The fourth-order valence-corrected chi connectivity index (χ4v) is 6.62. The zero-order valence-corrected chi connectivity index (χ0v) is 21.6. The molecular formula is C25H29N3O4S2. The van der Waals surface area contributed by atoms with Gasteiger partial charge in [0.05, 0.1) is 12.1 Å². The van der Waals surface area contributed by atoms with Crippen LogP contribution >= 0.6 is 11.3 Å². The van der Waals surface area contributed by atoms with Crippen molar-refractivity contribution in [3.8, 4) is 5.75 Å². The third kappa shape index (κ3) is 4.23. The summed E-state index contributed by atoms with van der Waals surface area (Å²) in [4.78, 5) is 19.6. The Labute approximate surface area is 204 Å². The highest BCUT2D eigenvalue weighted by Crippen LogP contribution is 2.44. The highest BCUT2D eigenvalue weighted by Gasteiger charge is 2.49. The predicted octanol–water partition coefficient (Wildman–Crippen LogP) is 4.20. The Hall–Kier alpha value is -2.75. The minimum atomic E-state index is -4.09. The summed E-state index contributed by atoms with van der Waals surface area (Å²) in [5, 5.41) is 1.25. The molecule has 1 amide bonds. The fourth-order valence-electron chi connectivity index (χ4n) is 4.73. The number of hydrogen-bond acceptors (Lipinski definition) is 7. The maximum absolute atomic E-state index is 13.7. The second kappa shape index (κ2) is 9.13. The first-order chi connectivity index (χ1) is 16.1. The monoisotopic (exact) mass is 499 g/mol. The molecule has 0 spiro atoms. The number of hydrogen-bond donors (Lipinski definition) is 1. The molecule has 1 atom stereocenters. The number of benzene rings is 2. The Morgan fingerprint density at radius 1 is 1.24 bits per heavy atom. The normalized spacial score (nSPS) is 18.0. The zero-order chi connectivity index (χ0) is 24.7. The molecule has 0 radical (unpaired) electrons. The third-order valence-corrected chi connectivity index (χ3v) is 8.45. The van der Waals surface area contributed by atoms with Gasteiger partial charge in [-0.15, -0.1) is 11.3 Å². The first kappa shape index (κ1) is 24.4. The van der Waals surface area contributed by atoms with E-state index in [2.05, 4.69) is 42.6 Å². The quantitative estimate of drug-likeness (QED) is 0.524. The van der Waals surface area contributed by atoms with E-state index in [1.54, 1.807) is 6.92 Å². The van der Waals surface area contributed by atoms with E-state index in [9.17, 15) is 13.2 Å². The van der Waals surface area contributed by atoms with Crippen molar-refractivity contribution < 1.29 is 17.9 Å². The van der Waals surface area contributed by atoms with Crippen LogP contribution in [0.5, 0.6) is 5.75 Å². The minimum absolute atomic E-state index is 0.160. The molecule has 0 aliphatic carbocycles. The summed E-state index contributed by atoms with van der Waals surface area (Å²) < 4.78 is 33.9. The number of thiazole rings is 1. The summed E-state index contributed by atoms with van der Waals surface area (Å²) in [7, 11) is -4.09. The van der Waals surface area contributed by atoms with Crippen LogP contribution in [0.4, 0.5) is 0 Å². The van der Waals surface area contributed by atoms with Gasteiger partial charge in [0.25, 0.3) is 15.9 Å². The van der Waals surface area contributed by atoms with Crippen molar-refractivity contribution in [2.45, 2.75) is 58.3 Å². The second-order valence-electron chi connectivity index (χ2n) is 8.78. The molecule has 1 N–H and O–H groups in total. The van der Waals surface area contributed by atoms with Gasteiger partial charge >= 0.3 is 0 Å². The molecular weight excluding hydrogens is 470 g/mol. The van der Waals surface area contributed by atoms with E-state index in [4.69, 9.17) is 4.74 Å². The maximum atomic E-state index is 13.7. The molecule has 1 aliphatic rings. The number of rotatable bonds is 7. The van der Waals surface area contributed by atoms with E-state index < -0.39 is 21.5 Å². The molecule has 0 bridgehead atoms. The van der Waals surface area contributed by atoms with Crippen molar-refractivity contribution in [2.75, 3.05) is 6.61 Å². The first-order valence-electron chi connectivity index (χ1n) is 11.1. The van der Waals surface area contributed by atoms with E-state index >= 15 is 0 Å². The number of nitrogens with zero attached hydrogens (tertiary/aromatic N) is 2. The fraction of sp³-hybridized carbons (Fsp3) is 0.360. The molecule has 1 aliphatic heterocycles. The van der Waals surface area contributed by atoms with Crippen molar-refractivity contribution in [3.05, 3.63) is 74.6 Å². The molecule has 180 valence electrons. The molecule has 1 aromatic heterocycles. The van der Waals surface area contributed by atoms with E-state index in [0.717, 1.165) is 39.2 Å². The van der Waals surface area contributed by atoms with Crippen LogP contribution < -0.4 is 9.46 Å². The topological polar surface area (TPSA) is 88.6 Å². The number of amides is 1. The van der Waals surface area contributed by atoms with Crippen LogP contribution in [0.1, 0.15) is 47.2 Å². The lowest BCUT2D eigenvalue weighted by Crippen LogP contribution is -2.52. The lowest BCUT2D eigenvalue weighted by atomic mass is 9.89. The van der Waals surface area contributed by atoms with Crippen LogP contribution in [0.2, 0.25) is 0 Å². The van der Waals surface area contributed by atoms with E-state index in [1.165, 1.54) is 16.5 Å². The Kier molecular flexibility index (Phi) is 6.54. The Morgan fingerprint density at radius 2 is 1.94 bits per heavy atom. The Balaban J connectivity index is 1.79. The summed E-state index contributed by atoms with van der Waals surface area (Å²) in [6.45, 7) is 11.3. The number of carbonyl (C=O) groups is 1. The summed E-state index contributed by atoms with van der Waals surface area (Å²) in [5.74, 6) is 0.0940. The Bertz CT molecular complexity index is 1310. The molecule has 2 aromatic carbocycles. The van der Waals surface area contributed by atoms with Gasteiger partial charge in [-0.05, 0) is 62.9 Å². The van der Waals surface area contributed by atoms with Gasteiger partial charge in [-0.3, -0.25) is 9.69 Å². The average molecular weight is 500 g/mol. The van der Waals surface area contributed by atoms with E-state index in [1.807, 2.05) is 30.0 Å². The standard InChI is InChI=1S/C25H29N3O4S2/c1-6-32-22-9-7-8-21-20(22)13-28(12-19-17(3)10-16(2)11-18(19)4)25(21,5)24(29)27-34(30,31)23-14-33-15-26-23/h7-11,14-15H,6,12-13H2,1-5H3,(H,27,29). The highest BCUT2D eigenvalue weighted by molar-refractivity contribution is 7.90. The lowest BCUT2D eigenvalue weighted by Gasteiger charge is -2.35. The summed E-state index contributed by atoms with van der Waals surface area (Å²) in [6.07, 6.45) is 0. The molecule has 0 saturated carbocycles. The van der Waals surface area contributed by atoms with Crippen molar-refractivity contribution >= 4 is 27.3 Å². The molecule has 9 heteroatoms. The van der Waals surface area contributed by atoms with E-state index in [-0.39, 0.29) is 5.03 Å². The van der Waals surface area contributed by atoms with Crippen LogP contribution in [0.3, 0.4) is 0 Å². The van der Waals surface area contributed by atoms with Crippen LogP contribution in [-0.4, -0.2) is 30.8 Å². The van der Waals surface area contributed by atoms with Crippen LogP contribution in [0.25, 0.3) is 0 Å². The largest absolute Gasteiger partial charge is 0.494 e. The predicted molar refractivity (Wildman–Crippen MR) is 132 cm³/mol. The van der Waals surface area contributed by atoms with Gasteiger partial charge in [0.2, 0.25) is 0 Å². The van der Waals surface area contributed by atoms with Gasteiger partial charge < -0.3 is 4.74 Å². The summed E-state index contributed by atoms with van der Waals surface area (Å²) in [6, 6.07) is 9.86. The van der Waals surface area contributed by atoms with E-state index in [0.29, 0.717) is 25.4 Å². The minimum Gasteiger partial charge on any atom is -0.494 e. The van der Waals surface area contributed by atoms with Gasteiger partial charge in [0, 0.05) is 24.0 Å². The van der Waals surface area contributed by atoms with Crippen molar-refractivity contribution in [1.29, 1.82) is 0 Å². The molecule has 7 nitrogen and oxygen atoms in total. The second-order valence-corrected chi connectivity index (χ2v) is 11.1. The first-order valence-corrected chi connectivity index (χ1v) is 13.5. The molecule has 3 aromatic rings. The van der Waals surface area contributed by atoms with Crippen molar-refractivity contribution in [1.82, 2.24) is 14.6 Å². The lowest BCUT2D eigenvalue weighted by molar-refractivity contribution is -0.131. The Morgan fingerprint density at radius 3 is 2.56 bits per heavy atom. The van der Waals surface area contributed by atoms with Gasteiger partial charge in [0.1, 0.15) is 11.3 Å². The molecule has 0 fully saturated rings. The number of aromatic nitrogens is 1. The number of carbonyl (C=O) groups excluding carboxylic acids is 1. The average Bonchev–Trinajstić information content (AvgIpc) is 3.40. The molecule has 4 rings (SSSR count). The molecule has 1 unspecified atom stereocenters. The molecule has 34 heavy (non-hydrogen) atoms. The SMILES string of the molecule is CCOc1cccc2c1CN(Cc1c(C)cc(C)cc1C)C2(C)C(=O)NS(=O)(=O)c1cscn1. The number of ether oxygens (including phenoxy) is 1. The number of fused-ring (bicyclic) bond motifs is 1. The van der Waals surface area contributed by atoms with Crippen molar-refractivity contribution in [3.63, 3.8) is 0 Å². The smallest absolute Gasteiger partial charge is 0.282 e. The zero-order valence-electron chi connectivity index (χ0n) is 20.0. The van der Waals surface area contributed by atoms with Crippen LogP contribution in [-0.2, 0) is 33.4 Å². The van der Waals surface area contributed by atoms with Gasteiger partial charge in [-0.1, -0.05) is 29.8 Å². The summed E-state index contributed by atoms with van der Waals surface area (Å²) in [5.41, 5.74) is 6.41. The van der Waals surface area contributed by atoms with Gasteiger partial charge in [-0.2, -0.15) is 8.42 Å². The number of aryl methyl sites for hydroxylation is 3. The molecule has 0 saturated heterocycles. The number of nitrogens with one attached hydrogen (secondary N) is 1. The van der Waals surface area contributed by atoms with Gasteiger partial charge in [0.15, 0.2) is 5.03 Å². The molecule has 2 heterocycles. The summed E-state index contributed by atoms with van der Waals surface area (Å²) >= 11 is 1.16. The van der Waals surface area contributed by atoms with Crippen LogP contribution in [0, 0.1) is 20.8 Å². The van der Waals surface area contributed by atoms with Crippen molar-refractivity contribution in [2.24, 2.45) is 0 Å². The number of sulfonamides is 1. The van der Waals surface area contributed by atoms with Gasteiger partial charge in [-0.25, -0.2) is 9.71 Å². The van der Waals surface area contributed by atoms with Crippen LogP contribution in [0.15, 0.2) is 46.2 Å².